The standard InChI is InChI=1S/C12H22N4O/c1-10(2)4-6-17-7-5-14-12-8-11(13-3)15-9-16-12/h8-10H,4-7H2,1-3H3,(H2,13,14,15,16). The van der Waals surface area contributed by atoms with E-state index in [-0.39, 0.29) is 0 Å². The molecule has 96 valence electrons. The third-order valence-electron chi connectivity index (χ3n) is 2.32. The van der Waals surface area contributed by atoms with E-state index in [4.69, 9.17) is 4.74 Å². The Bertz CT molecular complexity index is 317. The molecule has 17 heavy (non-hydrogen) atoms. The van der Waals surface area contributed by atoms with Crippen molar-refractivity contribution in [2.45, 2.75) is 20.3 Å². The molecule has 0 atom stereocenters. The van der Waals surface area contributed by atoms with E-state index < -0.39 is 0 Å². The van der Waals surface area contributed by atoms with Gasteiger partial charge in [-0.05, 0) is 12.3 Å². The summed E-state index contributed by atoms with van der Waals surface area (Å²) in [6, 6.07) is 1.87. The Hall–Kier alpha value is -1.36. The molecule has 5 heteroatoms. The van der Waals surface area contributed by atoms with Gasteiger partial charge >= 0.3 is 0 Å². The summed E-state index contributed by atoms with van der Waals surface area (Å²) in [7, 11) is 1.83. The Morgan fingerprint density at radius 3 is 2.71 bits per heavy atom. The maximum Gasteiger partial charge on any atom is 0.131 e. The van der Waals surface area contributed by atoms with Crippen LogP contribution in [0.5, 0.6) is 0 Å². The van der Waals surface area contributed by atoms with Gasteiger partial charge in [-0.25, -0.2) is 9.97 Å². The summed E-state index contributed by atoms with van der Waals surface area (Å²) in [6.07, 6.45) is 2.64. The van der Waals surface area contributed by atoms with Gasteiger partial charge in [0, 0.05) is 26.3 Å². The zero-order valence-corrected chi connectivity index (χ0v) is 10.9. The van der Waals surface area contributed by atoms with Crippen molar-refractivity contribution in [2.24, 2.45) is 5.92 Å². The highest BCUT2D eigenvalue weighted by Crippen LogP contribution is 2.06. The van der Waals surface area contributed by atoms with Crippen molar-refractivity contribution < 1.29 is 4.74 Å². The van der Waals surface area contributed by atoms with Crippen molar-refractivity contribution in [3.63, 3.8) is 0 Å². The molecule has 0 aliphatic heterocycles. The Labute approximate surface area is 103 Å². The summed E-state index contributed by atoms with van der Waals surface area (Å²) in [5.41, 5.74) is 0. The van der Waals surface area contributed by atoms with Gasteiger partial charge in [0.2, 0.25) is 0 Å². The molecular formula is C12H22N4O. The Morgan fingerprint density at radius 1 is 1.24 bits per heavy atom. The first kappa shape index (κ1) is 13.7. The lowest BCUT2D eigenvalue weighted by atomic mass is 10.1. The molecule has 0 radical (unpaired) electrons. The summed E-state index contributed by atoms with van der Waals surface area (Å²) >= 11 is 0. The molecule has 5 nitrogen and oxygen atoms in total. The first-order valence-electron chi connectivity index (χ1n) is 6.03. The van der Waals surface area contributed by atoms with E-state index in [2.05, 4.69) is 34.4 Å². The molecule has 0 aromatic carbocycles. The van der Waals surface area contributed by atoms with Gasteiger partial charge in [0.1, 0.15) is 18.0 Å². The van der Waals surface area contributed by atoms with E-state index in [0.29, 0.717) is 12.5 Å². The summed E-state index contributed by atoms with van der Waals surface area (Å²) < 4.78 is 5.50. The van der Waals surface area contributed by atoms with Crippen LogP contribution >= 0.6 is 0 Å². The SMILES string of the molecule is CNc1cc(NCCOCCC(C)C)ncn1. The first-order valence-corrected chi connectivity index (χ1v) is 6.03. The maximum absolute atomic E-state index is 5.50. The molecule has 0 fully saturated rings. The van der Waals surface area contributed by atoms with Crippen molar-refractivity contribution in [3.05, 3.63) is 12.4 Å². The first-order chi connectivity index (χ1) is 8.22. The van der Waals surface area contributed by atoms with Gasteiger partial charge in [-0.3, -0.25) is 0 Å². The molecule has 1 heterocycles. The van der Waals surface area contributed by atoms with E-state index in [1.807, 2.05) is 13.1 Å². The fraction of sp³-hybridized carbons (Fsp3) is 0.667. The Kier molecular flexibility index (Phi) is 6.32. The second-order valence-electron chi connectivity index (χ2n) is 4.26. The van der Waals surface area contributed by atoms with Crippen LogP contribution in [0.25, 0.3) is 0 Å². The number of anilines is 2. The van der Waals surface area contributed by atoms with Crippen LogP contribution in [-0.4, -0.2) is 36.8 Å². The molecule has 1 rings (SSSR count). The normalized spacial score (nSPS) is 10.6. The maximum atomic E-state index is 5.50. The number of aromatic nitrogens is 2. The largest absolute Gasteiger partial charge is 0.380 e. The zero-order chi connectivity index (χ0) is 12.5. The summed E-state index contributed by atoms with van der Waals surface area (Å²) in [5.74, 6) is 2.32. The zero-order valence-electron chi connectivity index (χ0n) is 10.9. The lowest BCUT2D eigenvalue weighted by molar-refractivity contribution is 0.132. The van der Waals surface area contributed by atoms with Crippen LogP contribution in [0.15, 0.2) is 12.4 Å². The van der Waals surface area contributed by atoms with Crippen molar-refractivity contribution in [2.75, 3.05) is 37.4 Å². The van der Waals surface area contributed by atoms with Crippen LogP contribution in [0.4, 0.5) is 11.6 Å². The van der Waals surface area contributed by atoms with Crippen molar-refractivity contribution in [1.82, 2.24) is 9.97 Å². The predicted molar refractivity (Wildman–Crippen MR) is 70.3 cm³/mol. The van der Waals surface area contributed by atoms with Gasteiger partial charge < -0.3 is 15.4 Å². The number of hydrogen-bond acceptors (Lipinski definition) is 5. The van der Waals surface area contributed by atoms with Gasteiger partial charge in [0.15, 0.2) is 0 Å². The fourth-order valence-electron chi connectivity index (χ4n) is 1.26. The molecule has 0 aliphatic rings. The number of hydrogen-bond donors (Lipinski definition) is 2. The lowest BCUT2D eigenvalue weighted by Gasteiger charge is -2.08. The molecule has 0 bridgehead atoms. The topological polar surface area (TPSA) is 59.1 Å². The third-order valence-corrected chi connectivity index (χ3v) is 2.32. The number of ether oxygens (including phenoxy) is 1. The van der Waals surface area contributed by atoms with E-state index >= 15 is 0 Å². The second-order valence-corrected chi connectivity index (χ2v) is 4.26. The molecule has 1 aromatic heterocycles. The average Bonchev–Trinajstić information content (AvgIpc) is 2.33. The van der Waals surface area contributed by atoms with Crippen LogP contribution in [0, 0.1) is 5.92 Å². The molecule has 0 aliphatic carbocycles. The van der Waals surface area contributed by atoms with Gasteiger partial charge in [-0.2, -0.15) is 0 Å². The minimum absolute atomic E-state index is 0.697. The van der Waals surface area contributed by atoms with Crippen LogP contribution in [-0.2, 0) is 4.74 Å². The molecule has 0 unspecified atom stereocenters. The molecule has 0 saturated carbocycles. The van der Waals surface area contributed by atoms with E-state index in [0.717, 1.165) is 31.2 Å². The van der Waals surface area contributed by atoms with E-state index in [1.54, 1.807) is 0 Å². The highest BCUT2D eigenvalue weighted by molar-refractivity contribution is 5.45. The average molecular weight is 238 g/mol. The van der Waals surface area contributed by atoms with Crippen LogP contribution < -0.4 is 10.6 Å². The summed E-state index contributed by atoms with van der Waals surface area (Å²) in [5, 5.41) is 6.16. The number of nitrogens with zero attached hydrogens (tertiary/aromatic N) is 2. The molecule has 2 N–H and O–H groups in total. The molecule has 0 saturated heterocycles. The Balaban J connectivity index is 2.13. The quantitative estimate of drug-likeness (QED) is 0.678. The monoisotopic (exact) mass is 238 g/mol. The number of rotatable bonds is 8. The van der Waals surface area contributed by atoms with Crippen molar-refractivity contribution in [3.8, 4) is 0 Å². The van der Waals surface area contributed by atoms with Gasteiger partial charge in [0.05, 0.1) is 6.61 Å². The second kappa shape index (κ2) is 7.84. The highest BCUT2D eigenvalue weighted by atomic mass is 16.5. The molecule has 0 spiro atoms. The van der Waals surface area contributed by atoms with Crippen LogP contribution in [0.2, 0.25) is 0 Å². The minimum Gasteiger partial charge on any atom is -0.380 e. The van der Waals surface area contributed by atoms with Crippen LogP contribution in [0.3, 0.4) is 0 Å². The van der Waals surface area contributed by atoms with Gasteiger partial charge in [-0.15, -0.1) is 0 Å². The highest BCUT2D eigenvalue weighted by Gasteiger charge is 1.97. The van der Waals surface area contributed by atoms with E-state index in [1.165, 1.54) is 6.33 Å². The van der Waals surface area contributed by atoms with Crippen molar-refractivity contribution in [1.29, 1.82) is 0 Å². The number of nitrogens with one attached hydrogen (secondary N) is 2. The Morgan fingerprint density at radius 2 is 2.00 bits per heavy atom. The summed E-state index contributed by atoms with van der Waals surface area (Å²) in [6.45, 7) is 6.68. The lowest BCUT2D eigenvalue weighted by Crippen LogP contribution is -2.12. The smallest absolute Gasteiger partial charge is 0.131 e. The molecule has 1 aromatic rings. The minimum atomic E-state index is 0.697. The third kappa shape index (κ3) is 6.06. The summed E-state index contributed by atoms with van der Waals surface area (Å²) in [4.78, 5) is 8.16. The van der Waals surface area contributed by atoms with Gasteiger partial charge in [0.25, 0.3) is 0 Å². The van der Waals surface area contributed by atoms with Gasteiger partial charge in [-0.1, -0.05) is 13.8 Å². The molecule has 0 amide bonds. The predicted octanol–water partition coefficient (Wildman–Crippen LogP) is 1.99. The van der Waals surface area contributed by atoms with Crippen LogP contribution in [0.1, 0.15) is 20.3 Å². The van der Waals surface area contributed by atoms with Crippen molar-refractivity contribution >= 4 is 11.6 Å². The molecular weight excluding hydrogens is 216 g/mol. The fourth-order valence-corrected chi connectivity index (χ4v) is 1.26. The van der Waals surface area contributed by atoms with E-state index in [9.17, 15) is 0 Å².